The number of aromatic hydroxyl groups is 1. The zero-order valence-corrected chi connectivity index (χ0v) is 14.2. The number of hydrogen-bond donors (Lipinski definition) is 1. The van der Waals surface area contributed by atoms with Gasteiger partial charge >= 0.3 is 0 Å². The van der Waals surface area contributed by atoms with E-state index >= 15 is 0 Å². The number of hydrogen-bond acceptors (Lipinski definition) is 2. The van der Waals surface area contributed by atoms with Crippen molar-refractivity contribution in [2.75, 3.05) is 19.6 Å². The quantitative estimate of drug-likeness (QED) is 0.757. The van der Waals surface area contributed by atoms with Crippen LogP contribution in [0.5, 0.6) is 5.75 Å². The van der Waals surface area contributed by atoms with Gasteiger partial charge in [-0.15, -0.1) is 0 Å². The van der Waals surface area contributed by atoms with Crippen molar-refractivity contribution < 1.29 is 9.50 Å². The van der Waals surface area contributed by atoms with E-state index in [1.807, 2.05) is 12.1 Å². The van der Waals surface area contributed by atoms with Crippen LogP contribution in [-0.2, 0) is 12.8 Å². The SMILES string of the molecule is CCCN(CCc1ccc(Cl)cc1)CCc1ccc(F)c(O)c1. The first kappa shape index (κ1) is 17.8. The van der Waals surface area contributed by atoms with Gasteiger partial charge in [0.25, 0.3) is 0 Å². The van der Waals surface area contributed by atoms with Gasteiger partial charge in [0.15, 0.2) is 11.6 Å². The van der Waals surface area contributed by atoms with E-state index in [2.05, 4.69) is 24.0 Å². The largest absolute Gasteiger partial charge is 0.505 e. The van der Waals surface area contributed by atoms with E-state index in [-0.39, 0.29) is 5.75 Å². The summed E-state index contributed by atoms with van der Waals surface area (Å²) < 4.78 is 13.1. The molecule has 0 saturated carbocycles. The zero-order valence-electron chi connectivity index (χ0n) is 13.4. The first-order valence-corrected chi connectivity index (χ1v) is 8.40. The highest BCUT2D eigenvalue weighted by molar-refractivity contribution is 6.30. The maximum absolute atomic E-state index is 13.1. The van der Waals surface area contributed by atoms with E-state index in [9.17, 15) is 9.50 Å². The molecule has 0 atom stereocenters. The van der Waals surface area contributed by atoms with Crippen molar-refractivity contribution >= 4 is 11.6 Å². The topological polar surface area (TPSA) is 23.5 Å². The van der Waals surface area contributed by atoms with Crippen LogP contribution in [0.1, 0.15) is 24.5 Å². The molecule has 0 bridgehead atoms. The number of nitrogens with zero attached hydrogens (tertiary/aromatic N) is 1. The minimum absolute atomic E-state index is 0.272. The molecular formula is C19H23ClFNO. The second-order valence-electron chi connectivity index (χ2n) is 5.75. The molecule has 2 nitrogen and oxygen atoms in total. The van der Waals surface area contributed by atoms with Gasteiger partial charge in [0.2, 0.25) is 0 Å². The Morgan fingerprint density at radius 1 is 0.957 bits per heavy atom. The van der Waals surface area contributed by atoms with Crippen LogP contribution >= 0.6 is 11.6 Å². The van der Waals surface area contributed by atoms with Crippen LogP contribution in [0.4, 0.5) is 4.39 Å². The van der Waals surface area contributed by atoms with E-state index in [1.165, 1.54) is 17.7 Å². The maximum Gasteiger partial charge on any atom is 0.164 e. The molecule has 2 aromatic carbocycles. The summed E-state index contributed by atoms with van der Waals surface area (Å²) in [4.78, 5) is 2.40. The highest BCUT2D eigenvalue weighted by atomic mass is 35.5. The third-order valence-electron chi connectivity index (χ3n) is 3.90. The Hall–Kier alpha value is -1.58. The lowest BCUT2D eigenvalue weighted by molar-refractivity contribution is 0.281. The van der Waals surface area contributed by atoms with Crippen molar-refractivity contribution in [1.29, 1.82) is 0 Å². The number of phenols is 1. The number of halogens is 2. The molecule has 0 radical (unpaired) electrons. The lowest BCUT2D eigenvalue weighted by Crippen LogP contribution is -2.29. The van der Waals surface area contributed by atoms with Crippen LogP contribution in [0.2, 0.25) is 5.02 Å². The zero-order chi connectivity index (χ0) is 16.7. The Morgan fingerprint density at radius 3 is 2.17 bits per heavy atom. The molecule has 124 valence electrons. The monoisotopic (exact) mass is 335 g/mol. The first-order chi connectivity index (χ1) is 11.1. The van der Waals surface area contributed by atoms with Crippen LogP contribution < -0.4 is 0 Å². The summed E-state index contributed by atoms with van der Waals surface area (Å²) in [7, 11) is 0. The molecule has 23 heavy (non-hydrogen) atoms. The molecule has 0 aliphatic rings. The predicted molar refractivity (Wildman–Crippen MR) is 93.7 cm³/mol. The molecule has 0 saturated heterocycles. The van der Waals surface area contributed by atoms with Crippen molar-refractivity contribution in [3.8, 4) is 5.75 Å². The standard InChI is InChI=1S/C19H23ClFNO/c1-2-11-22(12-9-15-3-6-17(20)7-4-15)13-10-16-5-8-18(21)19(23)14-16/h3-8,14,23H,2,9-13H2,1H3. The van der Waals surface area contributed by atoms with Crippen LogP contribution in [0.25, 0.3) is 0 Å². The van der Waals surface area contributed by atoms with Gasteiger partial charge < -0.3 is 10.0 Å². The van der Waals surface area contributed by atoms with Crippen molar-refractivity contribution in [2.24, 2.45) is 0 Å². The summed E-state index contributed by atoms with van der Waals surface area (Å²) in [6.45, 7) is 5.06. The summed E-state index contributed by atoms with van der Waals surface area (Å²) in [5.74, 6) is -0.840. The molecule has 1 N–H and O–H groups in total. The minimum atomic E-state index is -0.568. The Bertz CT molecular complexity index is 615. The third kappa shape index (κ3) is 5.85. The van der Waals surface area contributed by atoms with Gasteiger partial charge in [-0.1, -0.05) is 36.7 Å². The fourth-order valence-corrected chi connectivity index (χ4v) is 2.72. The molecule has 0 spiro atoms. The number of rotatable bonds is 8. The Labute approximate surface area is 142 Å². The van der Waals surface area contributed by atoms with Crippen LogP contribution in [0.3, 0.4) is 0 Å². The van der Waals surface area contributed by atoms with Gasteiger partial charge in [0, 0.05) is 18.1 Å². The number of phenolic OH excluding ortho intramolecular Hbond substituents is 1. The van der Waals surface area contributed by atoms with Gasteiger partial charge in [-0.3, -0.25) is 0 Å². The Balaban J connectivity index is 1.87. The van der Waals surface area contributed by atoms with Crippen molar-refractivity contribution in [3.05, 3.63) is 64.4 Å². The number of benzene rings is 2. The molecule has 0 unspecified atom stereocenters. The van der Waals surface area contributed by atoms with Gasteiger partial charge in [-0.2, -0.15) is 0 Å². The minimum Gasteiger partial charge on any atom is -0.505 e. The highest BCUT2D eigenvalue weighted by Gasteiger charge is 2.07. The van der Waals surface area contributed by atoms with Gasteiger partial charge in [0.05, 0.1) is 0 Å². The second kappa shape index (κ2) is 8.90. The molecular weight excluding hydrogens is 313 g/mol. The summed E-state index contributed by atoms with van der Waals surface area (Å²) >= 11 is 5.91. The van der Waals surface area contributed by atoms with Crippen LogP contribution in [-0.4, -0.2) is 29.6 Å². The summed E-state index contributed by atoms with van der Waals surface area (Å²) in [6.07, 6.45) is 2.87. The lowest BCUT2D eigenvalue weighted by Gasteiger charge is -2.21. The van der Waals surface area contributed by atoms with Gasteiger partial charge in [-0.25, -0.2) is 4.39 Å². The molecule has 0 fully saturated rings. The summed E-state index contributed by atoms with van der Waals surface area (Å²) in [5, 5.41) is 10.2. The fourth-order valence-electron chi connectivity index (χ4n) is 2.59. The van der Waals surface area contributed by atoms with Gasteiger partial charge in [-0.05, 0) is 61.2 Å². The average Bonchev–Trinajstić information content (AvgIpc) is 2.55. The van der Waals surface area contributed by atoms with Gasteiger partial charge in [0.1, 0.15) is 0 Å². The first-order valence-electron chi connectivity index (χ1n) is 8.02. The summed E-state index contributed by atoms with van der Waals surface area (Å²) in [5.41, 5.74) is 2.23. The Morgan fingerprint density at radius 2 is 1.57 bits per heavy atom. The van der Waals surface area contributed by atoms with E-state index in [4.69, 9.17) is 11.6 Å². The molecule has 2 aromatic rings. The van der Waals surface area contributed by atoms with Crippen molar-refractivity contribution in [3.63, 3.8) is 0 Å². The molecule has 0 aliphatic heterocycles. The van der Waals surface area contributed by atoms with Crippen molar-refractivity contribution in [1.82, 2.24) is 4.90 Å². The Kier molecular flexibility index (Phi) is 6.87. The van der Waals surface area contributed by atoms with Crippen LogP contribution in [0.15, 0.2) is 42.5 Å². The van der Waals surface area contributed by atoms with Crippen LogP contribution in [0, 0.1) is 5.82 Å². The molecule has 0 aliphatic carbocycles. The smallest absolute Gasteiger partial charge is 0.164 e. The fraction of sp³-hybridized carbons (Fsp3) is 0.368. The normalized spacial score (nSPS) is 11.1. The molecule has 0 amide bonds. The maximum atomic E-state index is 13.1. The third-order valence-corrected chi connectivity index (χ3v) is 4.15. The summed E-state index contributed by atoms with van der Waals surface area (Å²) in [6, 6.07) is 12.5. The van der Waals surface area contributed by atoms with Crippen molar-refractivity contribution in [2.45, 2.75) is 26.2 Å². The second-order valence-corrected chi connectivity index (χ2v) is 6.19. The van der Waals surface area contributed by atoms with E-state index in [0.717, 1.165) is 49.5 Å². The highest BCUT2D eigenvalue weighted by Crippen LogP contribution is 2.17. The molecule has 0 aromatic heterocycles. The molecule has 4 heteroatoms. The average molecular weight is 336 g/mol. The molecule has 0 heterocycles. The van der Waals surface area contributed by atoms with E-state index in [0.29, 0.717) is 0 Å². The van der Waals surface area contributed by atoms with E-state index in [1.54, 1.807) is 6.07 Å². The predicted octanol–water partition coefficient (Wildman–Crippen LogP) is 4.68. The van der Waals surface area contributed by atoms with E-state index < -0.39 is 5.82 Å². The molecule has 2 rings (SSSR count). The lowest BCUT2D eigenvalue weighted by atomic mass is 10.1.